The molecule has 0 amide bonds. The van der Waals surface area contributed by atoms with Crippen LogP contribution in [0.1, 0.15) is 31.4 Å². The van der Waals surface area contributed by atoms with Crippen molar-refractivity contribution >= 4 is 9.84 Å². The minimum atomic E-state index is -3.21. The monoisotopic (exact) mass is 309 g/mol. The lowest BCUT2D eigenvalue weighted by molar-refractivity contribution is 0.420. The Labute approximate surface area is 117 Å². The molecule has 0 aliphatic rings. The molecular formula is C13H18F3NO2S. The summed E-state index contributed by atoms with van der Waals surface area (Å²) in [6.45, 7) is 2.41. The molecule has 0 saturated carbocycles. The van der Waals surface area contributed by atoms with Crippen molar-refractivity contribution in [2.45, 2.75) is 25.8 Å². The van der Waals surface area contributed by atoms with Crippen LogP contribution in [0.25, 0.3) is 0 Å². The average Bonchev–Trinajstić information content (AvgIpc) is 2.36. The van der Waals surface area contributed by atoms with Gasteiger partial charge in [0.2, 0.25) is 0 Å². The Morgan fingerprint density at radius 2 is 1.85 bits per heavy atom. The number of sulfone groups is 1. The van der Waals surface area contributed by atoms with E-state index in [1.54, 1.807) is 0 Å². The van der Waals surface area contributed by atoms with Crippen molar-refractivity contribution < 1.29 is 21.6 Å². The number of benzene rings is 1. The SMILES string of the molecule is CCCNC(CCS(C)(=O)=O)c1ccc(F)c(F)c1F. The topological polar surface area (TPSA) is 46.2 Å². The molecule has 1 atom stereocenters. The van der Waals surface area contributed by atoms with Crippen LogP contribution in [0.4, 0.5) is 13.2 Å². The fourth-order valence-electron chi connectivity index (χ4n) is 1.83. The lowest BCUT2D eigenvalue weighted by Gasteiger charge is -2.19. The summed E-state index contributed by atoms with van der Waals surface area (Å²) in [6.07, 6.45) is 1.92. The third-order valence-corrected chi connectivity index (χ3v) is 3.84. The molecule has 0 aliphatic heterocycles. The maximum Gasteiger partial charge on any atom is 0.194 e. The van der Waals surface area contributed by atoms with Crippen LogP contribution in [0.3, 0.4) is 0 Å². The first-order chi connectivity index (χ1) is 9.26. The van der Waals surface area contributed by atoms with E-state index in [0.717, 1.165) is 24.8 Å². The summed E-state index contributed by atoms with van der Waals surface area (Å²) < 4.78 is 62.3. The van der Waals surface area contributed by atoms with Crippen LogP contribution in [0.2, 0.25) is 0 Å². The van der Waals surface area contributed by atoms with E-state index in [1.165, 1.54) is 0 Å². The Bertz CT molecular complexity index is 561. The standard InChI is InChI=1S/C13H18F3NO2S/c1-3-7-17-11(6-8-20(2,18)19)9-4-5-10(14)13(16)12(9)15/h4-5,11,17H,3,6-8H2,1-2H3. The number of hydrogen-bond donors (Lipinski definition) is 1. The van der Waals surface area contributed by atoms with Crippen LogP contribution < -0.4 is 5.32 Å². The smallest absolute Gasteiger partial charge is 0.194 e. The summed E-state index contributed by atoms with van der Waals surface area (Å²) in [5.74, 6) is -4.23. The van der Waals surface area contributed by atoms with Gasteiger partial charge in [-0.05, 0) is 25.5 Å². The van der Waals surface area contributed by atoms with Gasteiger partial charge in [0, 0.05) is 17.9 Å². The van der Waals surface area contributed by atoms with Crippen molar-refractivity contribution in [3.8, 4) is 0 Å². The van der Waals surface area contributed by atoms with E-state index in [0.29, 0.717) is 6.54 Å². The quantitative estimate of drug-likeness (QED) is 0.788. The molecule has 7 heteroatoms. The van der Waals surface area contributed by atoms with Gasteiger partial charge in [0.1, 0.15) is 9.84 Å². The van der Waals surface area contributed by atoms with E-state index in [9.17, 15) is 21.6 Å². The second-order valence-corrected chi connectivity index (χ2v) is 6.95. The van der Waals surface area contributed by atoms with Gasteiger partial charge in [-0.1, -0.05) is 13.0 Å². The van der Waals surface area contributed by atoms with Gasteiger partial charge < -0.3 is 5.32 Å². The molecule has 1 unspecified atom stereocenters. The van der Waals surface area contributed by atoms with E-state index < -0.39 is 33.3 Å². The van der Waals surface area contributed by atoms with Crippen LogP contribution in [0, 0.1) is 17.5 Å². The second kappa shape index (κ2) is 7.08. The summed E-state index contributed by atoms with van der Waals surface area (Å²) in [7, 11) is -3.21. The zero-order valence-corrected chi connectivity index (χ0v) is 12.2. The van der Waals surface area contributed by atoms with Crippen molar-refractivity contribution in [2.75, 3.05) is 18.6 Å². The number of rotatable bonds is 7. The van der Waals surface area contributed by atoms with Gasteiger partial charge in [-0.2, -0.15) is 0 Å². The molecule has 1 N–H and O–H groups in total. The maximum atomic E-state index is 13.8. The van der Waals surface area contributed by atoms with E-state index in [4.69, 9.17) is 0 Å². The summed E-state index contributed by atoms with van der Waals surface area (Å²) in [6, 6.07) is 1.32. The molecule has 0 radical (unpaired) electrons. The Morgan fingerprint density at radius 3 is 2.40 bits per heavy atom. The van der Waals surface area contributed by atoms with Crippen molar-refractivity contribution in [1.29, 1.82) is 0 Å². The zero-order chi connectivity index (χ0) is 15.3. The Hall–Kier alpha value is -1.08. The van der Waals surface area contributed by atoms with Crippen molar-refractivity contribution in [2.24, 2.45) is 0 Å². The molecule has 0 aliphatic carbocycles. The number of hydrogen-bond acceptors (Lipinski definition) is 3. The molecule has 20 heavy (non-hydrogen) atoms. The van der Waals surface area contributed by atoms with E-state index in [2.05, 4.69) is 5.32 Å². The highest BCUT2D eigenvalue weighted by atomic mass is 32.2. The lowest BCUT2D eigenvalue weighted by Crippen LogP contribution is -2.25. The molecule has 1 rings (SSSR count). The summed E-state index contributed by atoms with van der Waals surface area (Å²) in [5, 5.41) is 2.95. The largest absolute Gasteiger partial charge is 0.310 e. The van der Waals surface area contributed by atoms with Crippen LogP contribution >= 0.6 is 0 Å². The molecule has 0 saturated heterocycles. The molecule has 0 spiro atoms. The number of halogens is 3. The van der Waals surface area contributed by atoms with E-state index in [1.807, 2.05) is 6.92 Å². The molecule has 114 valence electrons. The Morgan fingerprint density at radius 1 is 1.20 bits per heavy atom. The van der Waals surface area contributed by atoms with Crippen molar-refractivity contribution in [3.63, 3.8) is 0 Å². The number of nitrogens with one attached hydrogen (secondary N) is 1. The summed E-state index contributed by atoms with van der Waals surface area (Å²) >= 11 is 0. The van der Waals surface area contributed by atoms with Gasteiger partial charge in [0.05, 0.1) is 5.75 Å². The van der Waals surface area contributed by atoms with Crippen LogP contribution in [0.5, 0.6) is 0 Å². The average molecular weight is 309 g/mol. The summed E-state index contributed by atoms with van der Waals surface area (Å²) in [5.41, 5.74) is -0.0546. The minimum Gasteiger partial charge on any atom is -0.310 e. The first kappa shape index (κ1) is 17.0. The molecule has 0 fully saturated rings. The van der Waals surface area contributed by atoms with Gasteiger partial charge in [0.15, 0.2) is 17.5 Å². The highest BCUT2D eigenvalue weighted by Crippen LogP contribution is 2.24. The normalized spacial score (nSPS) is 13.4. The molecule has 0 aromatic heterocycles. The molecule has 1 aromatic rings. The van der Waals surface area contributed by atoms with Gasteiger partial charge in [0.25, 0.3) is 0 Å². The highest BCUT2D eigenvalue weighted by molar-refractivity contribution is 7.90. The molecule has 0 heterocycles. The van der Waals surface area contributed by atoms with Gasteiger partial charge >= 0.3 is 0 Å². The molecule has 1 aromatic carbocycles. The highest BCUT2D eigenvalue weighted by Gasteiger charge is 2.21. The first-order valence-corrected chi connectivity index (χ1v) is 8.36. The third-order valence-electron chi connectivity index (χ3n) is 2.86. The predicted octanol–water partition coefficient (Wildman–Crippen LogP) is 2.58. The fraction of sp³-hybridized carbons (Fsp3) is 0.538. The van der Waals surface area contributed by atoms with E-state index >= 15 is 0 Å². The van der Waals surface area contributed by atoms with Crippen molar-refractivity contribution in [1.82, 2.24) is 5.32 Å². The Kier molecular flexibility index (Phi) is 6.01. The van der Waals surface area contributed by atoms with Gasteiger partial charge in [-0.3, -0.25) is 0 Å². The Balaban J connectivity index is 3.01. The van der Waals surface area contributed by atoms with Crippen LogP contribution in [-0.4, -0.2) is 27.0 Å². The van der Waals surface area contributed by atoms with Gasteiger partial charge in [-0.25, -0.2) is 21.6 Å². The third kappa shape index (κ3) is 4.79. The first-order valence-electron chi connectivity index (χ1n) is 6.30. The predicted molar refractivity (Wildman–Crippen MR) is 71.7 cm³/mol. The van der Waals surface area contributed by atoms with E-state index in [-0.39, 0.29) is 17.7 Å². The zero-order valence-electron chi connectivity index (χ0n) is 11.4. The minimum absolute atomic E-state index is 0.0546. The second-order valence-electron chi connectivity index (χ2n) is 4.69. The van der Waals surface area contributed by atoms with Crippen molar-refractivity contribution in [3.05, 3.63) is 35.1 Å². The molecule has 0 bridgehead atoms. The van der Waals surface area contributed by atoms with Gasteiger partial charge in [-0.15, -0.1) is 0 Å². The lowest BCUT2D eigenvalue weighted by atomic mass is 10.0. The maximum absolute atomic E-state index is 13.8. The molecular weight excluding hydrogens is 291 g/mol. The fourth-order valence-corrected chi connectivity index (χ4v) is 2.49. The molecule has 3 nitrogen and oxygen atoms in total. The summed E-state index contributed by atoms with van der Waals surface area (Å²) in [4.78, 5) is 0. The van der Waals surface area contributed by atoms with Crippen LogP contribution in [0.15, 0.2) is 12.1 Å². The van der Waals surface area contributed by atoms with Crippen LogP contribution in [-0.2, 0) is 9.84 Å².